The molecule has 4 nitrogen and oxygen atoms in total. The standard InChI is InChI=1S/C12H12FN3OS/c13-10-4-2-1-3-9(10)5-6-14-11(17)16-12-15-7-8-18-12/h1-4,7-8H,5-6H2,(H2,14,15,16,17). The number of hydrogen-bond donors (Lipinski definition) is 2. The lowest BCUT2D eigenvalue weighted by Gasteiger charge is -2.06. The highest BCUT2D eigenvalue weighted by Gasteiger charge is 2.04. The van der Waals surface area contributed by atoms with E-state index >= 15 is 0 Å². The highest BCUT2D eigenvalue weighted by atomic mass is 32.1. The van der Waals surface area contributed by atoms with Crippen LogP contribution in [-0.4, -0.2) is 17.6 Å². The fourth-order valence-electron chi connectivity index (χ4n) is 1.44. The molecule has 2 N–H and O–H groups in total. The molecule has 6 heteroatoms. The summed E-state index contributed by atoms with van der Waals surface area (Å²) in [5.41, 5.74) is 0.590. The van der Waals surface area contributed by atoms with Crippen LogP contribution in [0.2, 0.25) is 0 Å². The zero-order chi connectivity index (χ0) is 12.8. The molecule has 0 radical (unpaired) electrons. The molecule has 0 aliphatic rings. The molecule has 0 bridgehead atoms. The van der Waals surface area contributed by atoms with Crippen LogP contribution < -0.4 is 10.6 Å². The first-order chi connectivity index (χ1) is 8.75. The number of hydrogen-bond acceptors (Lipinski definition) is 3. The van der Waals surface area contributed by atoms with E-state index in [1.807, 2.05) is 0 Å². The molecule has 18 heavy (non-hydrogen) atoms. The first-order valence-electron chi connectivity index (χ1n) is 5.43. The molecule has 2 rings (SSSR count). The fraction of sp³-hybridized carbons (Fsp3) is 0.167. The van der Waals surface area contributed by atoms with Crippen molar-refractivity contribution in [1.82, 2.24) is 10.3 Å². The molecule has 2 amide bonds. The van der Waals surface area contributed by atoms with Gasteiger partial charge in [0.1, 0.15) is 5.82 Å². The number of halogens is 1. The van der Waals surface area contributed by atoms with E-state index < -0.39 is 0 Å². The van der Waals surface area contributed by atoms with E-state index in [1.54, 1.807) is 29.8 Å². The molecule has 0 atom stereocenters. The largest absolute Gasteiger partial charge is 0.337 e. The van der Waals surface area contributed by atoms with Gasteiger partial charge in [-0.25, -0.2) is 14.2 Å². The molecule has 1 heterocycles. The summed E-state index contributed by atoms with van der Waals surface area (Å²) in [6.07, 6.45) is 2.07. The summed E-state index contributed by atoms with van der Waals surface area (Å²) in [5.74, 6) is -0.250. The molecule has 0 saturated heterocycles. The second-order valence-corrected chi connectivity index (χ2v) is 4.45. The quantitative estimate of drug-likeness (QED) is 0.893. The Balaban J connectivity index is 1.75. The van der Waals surface area contributed by atoms with Gasteiger partial charge in [-0.3, -0.25) is 5.32 Å². The molecule has 0 unspecified atom stereocenters. The Kier molecular flexibility index (Phi) is 4.25. The molecule has 0 spiro atoms. The zero-order valence-electron chi connectivity index (χ0n) is 9.52. The van der Waals surface area contributed by atoms with Crippen molar-refractivity contribution in [3.8, 4) is 0 Å². The third-order valence-corrected chi connectivity index (χ3v) is 2.98. The van der Waals surface area contributed by atoms with Crippen molar-refractivity contribution in [2.75, 3.05) is 11.9 Å². The van der Waals surface area contributed by atoms with Crippen LogP contribution in [0.5, 0.6) is 0 Å². The van der Waals surface area contributed by atoms with Crippen molar-refractivity contribution < 1.29 is 9.18 Å². The van der Waals surface area contributed by atoms with Crippen LogP contribution in [0.3, 0.4) is 0 Å². The van der Waals surface area contributed by atoms with Gasteiger partial charge in [0.05, 0.1) is 0 Å². The smallest absolute Gasteiger partial charge is 0.321 e. The normalized spacial score (nSPS) is 10.1. The summed E-state index contributed by atoms with van der Waals surface area (Å²) in [4.78, 5) is 15.4. The van der Waals surface area contributed by atoms with E-state index in [4.69, 9.17) is 0 Å². The maximum atomic E-state index is 13.3. The van der Waals surface area contributed by atoms with E-state index in [0.717, 1.165) is 0 Å². The summed E-state index contributed by atoms with van der Waals surface area (Å²) in [6, 6.07) is 6.19. The molecular formula is C12H12FN3OS. The lowest BCUT2D eigenvalue weighted by molar-refractivity contribution is 0.252. The minimum Gasteiger partial charge on any atom is -0.337 e. The molecule has 0 aliphatic carbocycles. The van der Waals surface area contributed by atoms with Crippen LogP contribution in [0.1, 0.15) is 5.56 Å². The fourth-order valence-corrected chi connectivity index (χ4v) is 1.96. The van der Waals surface area contributed by atoms with E-state index in [9.17, 15) is 9.18 Å². The van der Waals surface area contributed by atoms with Crippen molar-refractivity contribution in [2.45, 2.75) is 6.42 Å². The third-order valence-electron chi connectivity index (χ3n) is 2.29. The van der Waals surface area contributed by atoms with Crippen LogP contribution in [0, 0.1) is 5.82 Å². The summed E-state index contributed by atoms with van der Waals surface area (Å²) in [6.45, 7) is 0.373. The van der Waals surface area contributed by atoms with Crippen LogP contribution in [0.4, 0.5) is 14.3 Å². The predicted molar refractivity (Wildman–Crippen MR) is 69.2 cm³/mol. The molecular weight excluding hydrogens is 253 g/mol. The monoisotopic (exact) mass is 265 g/mol. The number of amides is 2. The number of aromatic nitrogens is 1. The van der Waals surface area contributed by atoms with Crippen molar-refractivity contribution in [2.24, 2.45) is 0 Å². The number of benzene rings is 1. The molecule has 1 aromatic heterocycles. The summed E-state index contributed by atoms with van der Waals surface area (Å²) < 4.78 is 13.3. The SMILES string of the molecule is O=C(NCCc1ccccc1F)Nc1nccs1. The number of urea groups is 1. The van der Waals surface area contributed by atoms with E-state index in [1.165, 1.54) is 17.4 Å². The maximum Gasteiger partial charge on any atom is 0.321 e. The number of nitrogens with one attached hydrogen (secondary N) is 2. The molecule has 94 valence electrons. The van der Waals surface area contributed by atoms with Crippen molar-refractivity contribution in [1.29, 1.82) is 0 Å². The Hall–Kier alpha value is -1.95. The van der Waals surface area contributed by atoms with Gasteiger partial charge in [-0.15, -0.1) is 11.3 Å². The van der Waals surface area contributed by atoms with Crippen molar-refractivity contribution >= 4 is 22.5 Å². The first-order valence-corrected chi connectivity index (χ1v) is 6.31. The Morgan fingerprint density at radius 2 is 2.22 bits per heavy atom. The van der Waals surface area contributed by atoms with Crippen LogP contribution in [0.15, 0.2) is 35.8 Å². The van der Waals surface area contributed by atoms with Gasteiger partial charge in [0.25, 0.3) is 0 Å². The van der Waals surface area contributed by atoms with Gasteiger partial charge in [-0.1, -0.05) is 18.2 Å². The highest BCUT2D eigenvalue weighted by molar-refractivity contribution is 7.13. The number of thiazole rings is 1. The highest BCUT2D eigenvalue weighted by Crippen LogP contribution is 2.09. The van der Waals surface area contributed by atoms with Crippen LogP contribution in [-0.2, 0) is 6.42 Å². The lowest BCUT2D eigenvalue weighted by atomic mass is 10.1. The molecule has 1 aromatic carbocycles. The average Bonchev–Trinajstić information content (AvgIpc) is 2.84. The minimum atomic E-state index is -0.332. The van der Waals surface area contributed by atoms with Gasteiger partial charge in [0.15, 0.2) is 5.13 Å². The number of anilines is 1. The second kappa shape index (κ2) is 6.11. The molecule has 2 aromatic rings. The van der Waals surface area contributed by atoms with Gasteiger partial charge in [-0.2, -0.15) is 0 Å². The van der Waals surface area contributed by atoms with Crippen LogP contribution in [0.25, 0.3) is 0 Å². The Labute approximate surface area is 108 Å². The Morgan fingerprint density at radius 1 is 1.39 bits per heavy atom. The number of carbonyl (C=O) groups excluding carboxylic acids is 1. The van der Waals surface area contributed by atoms with E-state index in [0.29, 0.717) is 23.7 Å². The van der Waals surface area contributed by atoms with Crippen molar-refractivity contribution in [3.63, 3.8) is 0 Å². The topological polar surface area (TPSA) is 54.0 Å². The second-order valence-electron chi connectivity index (χ2n) is 3.56. The molecule has 0 aliphatic heterocycles. The number of carbonyl (C=O) groups is 1. The van der Waals surface area contributed by atoms with Gasteiger partial charge in [-0.05, 0) is 18.1 Å². The number of nitrogens with zero attached hydrogens (tertiary/aromatic N) is 1. The molecule has 0 saturated carbocycles. The first kappa shape index (κ1) is 12.5. The Bertz CT molecular complexity index is 516. The maximum absolute atomic E-state index is 13.3. The van der Waals surface area contributed by atoms with E-state index in [-0.39, 0.29) is 11.8 Å². The van der Waals surface area contributed by atoms with Crippen molar-refractivity contribution in [3.05, 3.63) is 47.2 Å². The summed E-state index contributed by atoms with van der Waals surface area (Å²) in [5, 5.41) is 7.55. The lowest BCUT2D eigenvalue weighted by Crippen LogP contribution is -2.30. The Morgan fingerprint density at radius 3 is 2.94 bits per heavy atom. The van der Waals surface area contributed by atoms with E-state index in [2.05, 4.69) is 15.6 Å². The summed E-state index contributed by atoms with van der Waals surface area (Å²) in [7, 11) is 0. The average molecular weight is 265 g/mol. The third kappa shape index (κ3) is 3.53. The van der Waals surface area contributed by atoms with Gasteiger partial charge in [0, 0.05) is 18.1 Å². The van der Waals surface area contributed by atoms with Crippen LogP contribution >= 0.6 is 11.3 Å². The minimum absolute atomic E-state index is 0.250. The molecule has 0 fully saturated rings. The number of rotatable bonds is 4. The predicted octanol–water partition coefficient (Wildman–Crippen LogP) is 2.65. The summed E-state index contributed by atoms with van der Waals surface area (Å²) >= 11 is 1.34. The zero-order valence-corrected chi connectivity index (χ0v) is 10.3. The van der Waals surface area contributed by atoms with Gasteiger partial charge >= 0.3 is 6.03 Å². The van der Waals surface area contributed by atoms with Gasteiger partial charge < -0.3 is 5.32 Å². The van der Waals surface area contributed by atoms with Gasteiger partial charge in [0.2, 0.25) is 0 Å².